The van der Waals surface area contributed by atoms with Gasteiger partial charge in [0, 0.05) is 13.1 Å². The molecule has 0 heterocycles. The maximum Gasteiger partial charge on any atom is 0.309 e. The van der Waals surface area contributed by atoms with Crippen LogP contribution in [0, 0.1) is 0 Å². The van der Waals surface area contributed by atoms with Gasteiger partial charge >= 0.3 is 11.8 Å². The van der Waals surface area contributed by atoms with Crippen LogP contribution in [-0.2, 0) is 16.0 Å². The molecule has 7 nitrogen and oxygen atoms in total. The van der Waals surface area contributed by atoms with Gasteiger partial charge in [-0.2, -0.15) is 0 Å². The summed E-state index contributed by atoms with van der Waals surface area (Å²) in [4.78, 5) is 22.9. The highest BCUT2D eigenvalue weighted by molar-refractivity contribution is 6.35. The van der Waals surface area contributed by atoms with Crippen molar-refractivity contribution in [1.82, 2.24) is 10.6 Å². The fraction of sp³-hybridized carbons (Fsp3) is 0.467. The first-order valence-electron chi connectivity index (χ1n) is 6.93. The molecule has 0 radical (unpaired) electrons. The summed E-state index contributed by atoms with van der Waals surface area (Å²) in [6.07, 6.45) is -0.140. The number of nitrogens with one attached hydrogen (secondary N) is 2. The lowest BCUT2D eigenvalue weighted by atomic mass is 10.1. The minimum absolute atomic E-state index is 0.0436. The van der Waals surface area contributed by atoms with Gasteiger partial charge < -0.3 is 25.2 Å². The highest BCUT2D eigenvalue weighted by atomic mass is 16.5. The lowest BCUT2D eigenvalue weighted by molar-refractivity contribution is -0.139. The number of methoxy groups -OCH3 is 2. The first-order chi connectivity index (χ1) is 10.5. The van der Waals surface area contributed by atoms with Gasteiger partial charge in [0.2, 0.25) is 0 Å². The molecule has 2 amide bonds. The Bertz CT molecular complexity index is 517. The molecule has 0 fully saturated rings. The number of aliphatic hydroxyl groups excluding tert-OH is 1. The van der Waals surface area contributed by atoms with Gasteiger partial charge in [-0.05, 0) is 31.0 Å². The van der Waals surface area contributed by atoms with Crippen LogP contribution in [0.2, 0.25) is 0 Å². The first kappa shape index (κ1) is 17.8. The largest absolute Gasteiger partial charge is 0.493 e. The van der Waals surface area contributed by atoms with E-state index in [0.717, 1.165) is 5.56 Å². The molecule has 7 heteroatoms. The highest BCUT2D eigenvalue weighted by Crippen LogP contribution is 2.27. The average Bonchev–Trinajstić information content (AvgIpc) is 2.52. The Labute approximate surface area is 129 Å². The predicted molar refractivity (Wildman–Crippen MR) is 81.0 cm³/mol. The van der Waals surface area contributed by atoms with Crippen molar-refractivity contribution in [1.29, 1.82) is 0 Å². The lowest BCUT2D eigenvalue weighted by Crippen LogP contribution is -2.42. The van der Waals surface area contributed by atoms with Gasteiger partial charge in [-0.1, -0.05) is 6.07 Å². The monoisotopic (exact) mass is 310 g/mol. The number of hydrogen-bond donors (Lipinski definition) is 3. The van der Waals surface area contributed by atoms with Crippen LogP contribution in [0.15, 0.2) is 18.2 Å². The number of aliphatic hydroxyl groups is 1. The molecule has 1 aromatic carbocycles. The summed E-state index contributed by atoms with van der Waals surface area (Å²) in [5.41, 5.74) is 0.947. The van der Waals surface area contributed by atoms with Crippen molar-refractivity contribution in [2.75, 3.05) is 27.3 Å². The van der Waals surface area contributed by atoms with E-state index in [-0.39, 0.29) is 6.54 Å². The third kappa shape index (κ3) is 5.61. The standard InChI is InChI=1S/C15H22N2O5/c1-10(18)9-17-15(20)14(19)16-7-6-11-4-5-12(21-2)13(8-11)22-3/h4-5,8,10,18H,6-7,9H2,1-3H3,(H,16,19)(H,17,20)/t10-/m0/s1. The molecule has 0 aliphatic rings. The van der Waals surface area contributed by atoms with E-state index < -0.39 is 17.9 Å². The number of hydrogen-bond acceptors (Lipinski definition) is 5. The molecule has 0 saturated heterocycles. The Morgan fingerprint density at radius 3 is 2.36 bits per heavy atom. The zero-order valence-corrected chi connectivity index (χ0v) is 13.0. The van der Waals surface area contributed by atoms with Crippen LogP contribution in [0.25, 0.3) is 0 Å². The van der Waals surface area contributed by atoms with Gasteiger partial charge in [0.1, 0.15) is 0 Å². The van der Waals surface area contributed by atoms with Crippen LogP contribution in [0.4, 0.5) is 0 Å². The molecule has 0 spiro atoms. The van der Waals surface area contributed by atoms with Crippen LogP contribution in [0.1, 0.15) is 12.5 Å². The Morgan fingerprint density at radius 2 is 1.77 bits per heavy atom. The zero-order chi connectivity index (χ0) is 16.5. The van der Waals surface area contributed by atoms with Gasteiger partial charge in [-0.25, -0.2) is 0 Å². The van der Waals surface area contributed by atoms with Gasteiger partial charge in [0.25, 0.3) is 0 Å². The van der Waals surface area contributed by atoms with E-state index in [9.17, 15) is 9.59 Å². The number of benzene rings is 1. The molecular formula is C15H22N2O5. The van der Waals surface area contributed by atoms with Crippen molar-refractivity contribution in [3.05, 3.63) is 23.8 Å². The van der Waals surface area contributed by atoms with Crippen LogP contribution >= 0.6 is 0 Å². The average molecular weight is 310 g/mol. The van der Waals surface area contributed by atoms with Crippen molar-refractivity contribution in [3.63, 3.8) is 0 Å². The van der Waals surface area contributed by atoms with E-state index in [1.807, 2.05) is 12.1 Å². The maximum absolute atomic E-state index is 11.5. The molecule has 1 aromatic rings. The second-order valence-corrected chi connectivity index (χ2v) is 4.75. The summed E-state index contributed by atoms with van der Waals surface area (Å²) in [7, 11) is 3.11. The molecular weight excluding hydrogens is 288 g/mol. The third-order valence-corrected chi connectivity index (χ3v) is 2.91. The van der Waals surface area contributed by atoms with Gasteiger partial charge in [0.05, 0.1) is 20.3 Å². The molecule has 0 aliphatic heterocycles. The van der Waals surface area contributed by atoms with Gasteiger partial charge in [0.15, 0.2) is 11.5 Å². The van der Waals surface area contributed by atoms with Crippen LogP contribution in [-0.4, -0.2) is 50.3 Å². The Morgan fingerprint density at radius 1 is 1.14 bits per heavy atom. The second-order valence-electron chi connectivity index (χ2n) is 4.75. The number of ether oxygens (including phenoxy) is 2. The predicted octanol–water partition coefficient (Wildman–Crippen LogP) is -0.140. The van der Waals surface area contributed by atoms with Crippen molar-refractivity contribution in [3.8, 4) is 11.5 Å². The van der Waals surface area contributed by atoms with Gasteiger partial charge in [-0.15, -0.1) is 0 Å². The summed E-state index contributed by atoms with van der Waals surface area (Å²) < 4.78 is 10.3. The van der Waals surface area contributed by atoms with E-state index >= 15 is 0 Å². The normalized spacial score (nSPS) is 11.5. The number of amides is 2. The molecule has 3 N–H and O–H groups in total. The minimum Gasteiger partial charge on any atom is -0.493 e. The summed E-state index contributed by atoms with van der Waals surface area (Å²) >= 11 is 0. The molecule has 0 aliphatic carbocycles. The first-order valence-corrected chi connectivity index (χ1v) is 6.93. The third-order valence-electron chi connectivity index (χ3n) is 2.91. The highest BCUT2D eigenvalue weighted by Gasteiger charge is 2.13. The zero-order valence-electron chi connectivity index (χ0n) is 13.0. The topological polar surface area (TPSA) is 96.9 Å². The Balaban J connectivity index is 2.43. The van der Waals surface area contributed by atoms with Crippen molar-refractivity contribution >= 4 is 11.8 Å². The summed E-state index contributed by atoms with van der Waals surface area (Å²) in [5, 5.41) is 13.9. The Hall–Kier alpha value is -2.28. The van der Waals surface area contributed by atoms with E-state index in [1.165, 1.54) is 6.92 Å². The quantitative estimate of drug-likeness (QED) is 0.609. The molecule has 0 aromatic heterocycles. The SMILES string of the molecule is COc1ccc(CCNC(=O)C(=O)NC[C@H](C)O)cc1OC. The fourth-order valence-electron chi connectivity index (χ4n) is 1.76. The van der Waals surface area contributed by atoms with E-state index in [1.54, 1.807) is 20.3 Å². The van der Waals surface area contributed by atoms with E-state index in [0.29, 0.717) is 24.5 Å². The molecule has 22 heavy (non-hydrogen) atoms. The summed E-state index contributed by atoms with van der Waals surface area (Å²) in [6, 6.07) is 5.46. The number of carbonyl (C=O) groups is 2. The minimum atomic E-state index is -0.756. The molecule has 0 unspecified atom stereocenters. The molecule has 1 atom stereocenters. The lowest BCUT2D eigenvalue weighted by Gasteiger charge is -2.10. The van der Waals surface area contributed by atoms with Crippen molar-refractivity contribution in [2.24, 2.45) is 0 Å². The molecule has 1 rings (SSSR count). The van der Waals surface area contributed by atoms with E-state index in [2.05, 4.69) is 10.6 Å². The molecule has 122 valence electrons. The fourth-order valence-corrected chi connectivity index (χ4v) is 1.76. The van der Waals surface area contributed by atoms with Gasteiger partial charge in [-0.3, -0.25) is 9.59 Å². The van der Waals surface area contributed by atoms with Crippen LogP contribution < -0.4 is 20.1 Å². The summed E-state index contributed by atoms with van der Waals surface area (Å²) in [6.45, 7) is 1.88. The number of rotatable bonds is 7. The van der Waals surface area contributed by atoms with Crippen molar-refractivity contribution < 1.29 is 24.2 Å². The molecule has 0 saturated carbocycles. The number of carbonyl (C=O) groups excluding carboxylic acids is 2. The van der Waals surface area contributed by atoms with Crippen LogP contribution in [0.5, 0.6) is 11.5 Å². The van der Waals surface area contributed by atoms with Crippen LogP contribution in [0.3, 0.4) is 0 Å². The second kappa shape index (κ2) is 8.89. The Kier molecular flexibility index (Phi) is 7.18. The maximum atomic E-state index is 11.5. The van der Waals surface area contributed by atoms with E-state index in [4.69, 9.17) is 14.6 Å². The van der Waals surface area contributed by atoms with Crippen molar-refractivity contribution in [2.45, 2.75) is 19.4 Å². The molecule has 0 bridgehead atoms. The smallest absolute Gasteiger partial charge is 0.309 e. The summed E-state index contributed by atoms with van der Waals surface area (Å²) in [5.74, 6) is -0.233.